The van der Waals surface area contributed by atoms with Crippen LogP contribution in [0.25, 0.3) is 11.4 Å². The third kappa shape index (κ3) is 5.17. The Hall–Kier alpha value is -2.66. The topological polar surface area (TPSA) is 68.0 Å². The molecule has 0 aliphatic carbocycles. The van der Waals surface area contributed by atoms with Crippen LogP contribution in [0.3, 0.4) is 0 Å². The van der Waals surface area contributed by atoms with Gasteiger partial charge in [-0.25, -0.2) is 0 Å². The van der Waals surface area contributed by atoms with E-state index in [1.54, 1.807) is 12.1 Å². The smallest absolute Gasteiger partial charge is 0.226 e. The van der Waals surface area contributed by atoms with E-state index in [4.69, 9.17) is 16.1 Å². The van der Waals surface area contributed by atoms with Gasteiger partial charge in [-0.15, -0.1) is 0 Å². The lowest BCUT2D eigenvalue weighted by Gasteiger charge is -2.05. The minimum Gasteiger partial charge on any atom is -0.352 e. The molecule has 1 heterocycles. The lowest BCUT2D eigenvalue weighted by Crippen LogP contribution is -2.22. The predicted octanol–water partition coefficient (Wildman–Crippen LogP) is 4.34. The minimum absolute atomic E-state index is 0.0167. The first-order chi connectivity index (χ1) is 12.6. The van der Waals surface area contributed by atoms with Gasteiger partial charge in [-0.1, -0.05) is 46.6 Å². The van der Waals surface area contributed by atoms with Crippen LogP contribution in [0.2, 0.25) is 5.02 Å². The summed E-state index contributed by atoms with van der Waals surface area (Å²) in [6.07, 6.45) is 1.64. The van der Waals surface area contributed by atoms with E-state index in [9.17, 15) is 4.79 Å². The first-order valence-electron chi connectivity index (χ1n) is 8.51. The number of aryl methyl sites for hydroxylation is 2. The first kappa shape index (κ1) is 18.1. The molecule has 0 aliphatic heterocycles. The van der Waals surface area contributed by atoms with Crippen molar-refractivity contribution in [2.24, 2.45) is 0 Å². The molecule has 134 valence electrons. The molecule has 0 unspecified atom stereocenters. The predicted molar refractivity (Wildman–Crippen MR) is 101 cm³/mol. The zero-order valence-corrected chi connectivity index (χ0v) is 15.3. The number of nitrogens with zero attached hydrogens (tertiary/aromatic N) is 2. The quantitative estimate of drug-likeness (QED) is 0.672. The van der Waals surface area contributed by atoms with Crippen LogP contribution in [0.4, 0.5) is 0 Å². The summed E-state index contributed by atoms with van der Waals surface area (Å²) >= 11 is 5.87. The second kappa shape index (κ2) is 8.63. The molecule has 6 heteroatoms. The Bertz CT molecular complexity index is 858. The molecule has 0 fully saturated rings. The van der Waals surface area contributed by atoms with Gasteiger partial charge in [-0.05, 0) is 43.2 Å². The molecule has 3 rings (SSSR count). The Morgan fingerprint density at radius 3 is 2.58 bits per heavy atom. The standard InChI is InChI=1S/C20H20ClN3O2/c1-14-5-7-15(8-6-14)13-22-18(25)3-2-4-19-23-20(24-26-19)16-9-11-17(21)12-10-16/h5-12H,2-4,13H2,1H3,(H,22,25). The molecular weight excluding hydrogens is 350 g/mol. The average molecular weight is 370 g/mol. The highest BCUT2D eigenvalue weighted by Gasteiger charge is 2.09. The Balaban J connectivity index is 1.42. The van der Waals surface area contributed by atoms with Gasteiger partial charge < -0.3 is 9.84 Å². The summed E-state index contributed by atoms with van der Waals surface area (Å²) in [4.78, 5) is 16.3. The number of hydrogen-bond donors (Lipinski definition) is 1. The van der Waals surface area contributed by atoms with E-state index < -0.39 is 0 Å². The first-order valence-corrected chi connectivity index (χ1v) is 8.89. The third-order valence-electron chi connectivity index (χ3n) is 3.98. The van der Waals surface area contributed by atoms with Gasteiger partial charge in [0, 0.05) is 30.0 Å². The maximum atomic E-state index is 11.9. The largest absolute Gasteiger partial charge is 0.352 e. The molecule has 5 nitrogen and oxygen atoms in total. The van der Waals surface area contributed by atoms with Gasteiger partial charge in [0.25, 0.3) is 0 Å². The van der Waals surface area contributed by atoms with Crippen molar-refractivity contribution in [3.05, 3.63) is 70.6 Å². The number of rotatable bonds is 7. The fourth-order valence-electron chi connectivity index (χ4n) is 2.47. The molecule has 26 heavy (non-hydrogen) atoms. The van der Waals surface area contributed by atoms with E-state index in [0.29, 0.717) is 42.5 Å². The summed E-state index contributed by atoms with van der Waals surface area (Å²) in [5.41, 5.74) is 3.14. The average Bonchev–Trinajstić information content (AvgIpc) is 3.11. The zero-order valence-electron chi connectivity index (χ0n) is 14.5. The Morgan fingerprint density at radius 2 is 1.85 bits per heavy atom. The SMILES string of the molecule is Cc1ccc(CNC(=O)CCCc2nc(-c3ccc(Cl)cc3)no2)cc1. The minimum atomic E-state index is 0.0167. The van der Waals surface area contributed by atoms with E-state index in [-0.39, 0.29) is 5.91 Å². The fourth-order valence-corrected chi connectivity index (χ4v) is 2.59. The number of halogens is 1. The molecule has 3 aromatic rings. The van der Waals surface area contributed by atoms with E-state index in [1.165, 1.54) is 5.56 Å². The number of nitrogens with one attached hydrogen (secondary N) is 1. The molecule has 0 atom stereocenters. The van der Waals surface area contributed by atoms with Gasteiger partial charge in [-0.2, -0.15) is 4.98 Å². The summed E-state index contributed by atoms with van der Waals surface area (Å²) in [6, 6.07) is 15.4. The van der Waals surface area contributed by atoms with E-state index in [2.05, 4.69) is 15.5 Å². The van der Waals surface area contributed by atoms with Gasteiger partial charge in [0.15, 0.2) is 0 Å². The maximum Gasteiger partial charge on any atom is 0.226 e. The van der Waals surface area contributed by atoms with Crippen molar-refractivity contribution >= 4 is 17.5 Å². The van der Waals surface area contributed by atoms with Crippen LogP contribution in [0.1, 0.15) is 29.9 Å². The molecule has 1 aromatic heterocycles. The highest BCUT2D eigenvalue weighted by molar-refractivity contribution is 6.30. The number of hydrogen-bond acceptors (Lipinski definition) is 4. The maximum absolute atomic E-state index is 11.9. The van der Waals surface area contributed by atoms with E-state index >= 15 is 0 Å². The third-order valence-corrected chi connectivity index (χ3v) is 4.23. The summed E-state index contributed by atoms with van der Waals surface area (Å²) in [7, 11) is 0. The summed E-state index contributed by atoms with van der Waals surface area (Å²) < 4.78 is 5.25. The van der Waals surface area contributed by atoms with Crippen molar-refractivity contribution in [2.75, 3.05) is 0 Å². The van der Waals surface area contributed by atoms with Crippen molar-refractivity contribution in [1.29, 1.82) is 0 Å². The van der Waals surface area contributed by atoms with Crippen molar-refractivity contribution in [2.45, 2.75) is 32.7 Å². The molecule has 1 N–H and O–H groups in total. The van der Waals surface area contributed by atoms with Crippen molar-refractivity contribution in [1.82, 2.24) is 15.5 Å². The van der Waals surface area contributed by atoms with Crippen molar-refractivity contribution in [3.8, 4) is 11.4 Å². The van der Waals surface area contributed by atoms with Crippen LogP contribution in [0.5, 0.6) is 0 Å². The molecule has 0 saturated heterocycles. The highest BCUT2D eigenvalue weighted by atomic mass is 35.5. The van der Waals surface area contributed by atoms with Gasteiger partial charge in [-0.3, -0.25) is 4.79 Å². The molecular formula is C20H20ClN3O2. The normalized spacial score (nSPS) is 10.7. The number of amides is 1. The van der Waals surface area contributed by atoms with Crippen LogP contribution < -0.4 is 5.32 Å². The number of carbonyl (C=O) groups is 1. The monoisotopic (exact) mass is 369 g/mol. The summed E-state index contributed by atoms with van der Waals surface area (Å²) in [5.74, 6) is 1.07. The Morgan fingerprint density at radius 1 is 1.12 bits per heavy atom. The lowest BCUT2D eigenvalue weighted by molar-refractivity contribution is -0.121. The van der Waals surface area contributed by atoms with Crippen LogP contribution in [-0.2, 0) is 17.8 Å². The van der Waals surface area contributed by atoms with Crippen LogP contribution in [0, 0.1) is 6.92 Å². The Kier molecular flexibility index (Phi) is 6.02. The Labute approximate surface area is 157 Å². The molecule has 0 aliphatic rings. The number of carbonyl (C=O) groups excluding carboxylic acids is 1. The molecule has 0 radical (unpaired) electrons. The second-order valence-corrected chi connectivity index (χ2v) is 6.57. The molecule has 0 spiro atoms. The zero-order chi connectivity index (χ0) is 18.4. The molecule has 1 amide bonds. The molecule has 2 aromatic carbocycles. The van der Waals surface area contributed by atoms with Gasteiger partial charge >= 0.3 is 0 Å². The van der Waals surface area contributed by atoms with Gasteiger partial charge in [0.1, 0.15) is 0 Å². The van der Waals surface area contributed by atoms with E-state index in [0.717, 1.165) is 11.1 Å². The lowest BCUT2D eigenvalue weighted by atomic mass is 10.1. The highest BCUT2D eigenvalue weighted by Crippen LogP contribution is 2.19. The van der Waals surface area contributed by atoms with Crippen LogP contribution >= 0.6 is 11.6 Å². The van der Waals surface area contributed by atoms with Gasteiger partial charge in [0.2, 0.25) is 17.6 Å². The fraction of sp³-hybridized carbons (Fsp3) is 0.250. The van der Waals surface area contributed by atoms with E-state index in [1.807, 2.05) is 43.3 Å². The second-order valence-electron chi connectivity index (χ2n) is 6.13. The summed E-state index contributed by atoms with van der Waals surface area (Å²) in [5, 5.41) is 7.55. The van der Waals surface area contributed by atoms with Gasteiger partial charge in [0.05, 0.1) is 0 Å². The van der Waals surface area contributed by atoms with Crippen molar-refractivity contribution < 1.29 is 9.32 Å². The summed E-state index contributed by atoms with van der Waals surface area (Å²) in [6.45, 7) is 2.58. The van der Waals surface area contributed by atoms with Crippen molar-refractivity contribution in [3.63, 3.8) is 0 Å². The van der Waals surface area contributed by atoms with Crippen LogP contribution in [0.15, 0.2) is 53.1 Å². The molecule has 0 saturated carbocycles. The number of benzene rings is 2. The molecule has 0 bridgehead atoms. The van der Waals surface area contributed by atoms with Crippen LogP contribution in [-0.4, -0.2) is 16.0 Å². The number of aromatic nitrogens is 2.